The molecule has 6 nitrogen and oxygen atoms in total. The minimum Gasteiger partial charge on any atom is -0.481 e. The predicted molar refractivity (Wildman–Crippen MR) is 79.5 cm³/mol. The van der Waals surface area contributed by atoms with Gasteiger partial charge in [0.1, 0.15) is 0 Å². The van der Waals surface area contributed by atoms with Gasteiger partial charge in [-0.3, -0.25) is 9.59 Å². The van der Waals surface area contributed by atoms with Crippen molar-refractivity contribution in [2.45, 2.75) is 26.7 Å². The average molecular weight is 292 g/mol. The molecule has 1 rings (SSSR count). The maximum absolute atomic E-state index is 11.7. The van der Waals surface area contributed by atoms with E-state index in [1.54, 1.807) is 24.3 Å². The second-order valence-electron chi connectivity index (χ2n) is 5.01. The van der Waals surface area contributed by atoms with Gasteiger partial charge in [-0.1, -0.05) is 19.1 Å². The van der Waals surface area contributed by atoms with Gasteiger partial charge in [0.25, 0.3) is 0 Å². The molecule has 0 saturated carbocycles. The monoisotopic (exact) mass is 292 g/mol. The lowest BCUT2D eigenvalue weighted by atomic mass is 10.1. The van der Waals surface area contributed by atoms with E-state index in [0.717, 1.165) is 0 Å². The van der Waals surface area contributed by atoms with Crippen molar-refractivity contribution < 1.29 is 19.5 Å². The third-order valence-electron chi connectivity index (χ3n) is 2.99. The van der Waals surface area contributed by atoms with E-state index in [1.165, 1.54) is 6.92 Å². The quantitative estimate of drug-likeness (QED) is 0.673. The van der Waals surface area contributed by atoms with Crippen LogP contribution in [0.1, 0.15) is 37.0 Å². The Morgan fingerprint density at radius 1 is 1.29 bits per heavy atom. The van der Waals surface area contributed by atoms with E-state index in [-0.39, 0.29) is 24.2 Å². The van der Waals surface area contributed by atoms with Crippen LogP contribution in [0.4, 0.5) is 10.5 Å². The molecule has 0 spiro atoms. The zero-order valence-corrected chi connectivity index (χ0v) is 12.2. The van der Waals surface area contributed by atoms with Crippen molar-refractivity contribution in [1.29, 1.82) is 0 Å². The Kier molecular flexibility index (Phi) is 6.39. The first-order valence-electron chi connectivity index (χ1n) is 6.76. The normalized spacial score (nSPS) is 11.5. The minimum absolute atomic E-state index is 0.0682. The lowest BCUT2D eigenvalue weighted by Crippen LogP contribution is -2.32. The number of carboxylic acid groups (broad SMARTS) is 1. The molecule has 21 heavy (non-hydrogen) atoms. The van der Waals surface area contributed by atoms with E-state index in [2.05, 4.69) is 10.6 Å². The van der Waals surface area contributed by atoms with Gasteiger partial charge in [0.2, 0.25) is 0 Å². The lowest BCUT2D eigenvalue weighted by Gasteiger charge is -2.12. The minimum atomic E-state index is -0.840. The van der Waals surface area contributed by atoms with Crippen LogP contribution in [0.2, 0.25) is 0 Å². The summed E-state index contributed by atoms with van der Waals surface area (Å²) in [5.41, 5.74) is 1.07. The first-order chi connectivity index (χ1) is 9.88. The molecular formula is C15H20N2O4. The Morgan fingerprint density at radius 2 is 2.00 bits per heavy atom. The number of carbonyl (C=O) groups is 3. The maximum atomic E-state index is 11.7. The molecule has 6 heteroatoms. The summed E-state index contributed by atoms with van der Waals surface area (Å²) in [6.45, 7) is 3.73. The first kappa shape index (κ1) is 16.7. The number of rotatable bonds is 7. The Labute approximate surface area is 123 Å². The third-order valence-corrected chi connectivity index (χ3v) is 2.99. The molecule has 0 saturated heterocycles. The van der Waals surface area contributed by atoms with Crippen LogP contribution >= 0.6 is 0 Å². The number of hydrogen-bond donors (Lipinski definition) is 3. The van der Waals surface area contributed by atoms with Crippen molar-refractivity contribution in [3.63, 3.8) is 0 Å². The van der Waals surface area contributed by atoms with Crippen LogP contribution in [-0.2, 0) is 4.79 Å². The van der Waals surface area contributed by atoms with Gasteiger partial charge in [0.05, 0.1) is 0 Å². The Bertz CT molecular complexity index is 528. The van der Waals surface area contributed by atoms with E-state index >= 15 is 0 Å². The SMILES string of the molecule is CC(=O)c1cccc(NC(=O)NCC(C)CCC(=O)O)c1. The van der Waals surface area contributed by atoms with Crippen LogP contribution in [0.5, 0.6) is 0 Å². The highest BCUT2D eigenvalue weighted by atomic mass is 16.4. The van der Waals surface area contributed by atoms with Crippen LogP contribution in [0.25, 0.3) is 0 Å². The van der Waals surface area contributed by atoms with Crippen molar-refractivity contribution in [2.75, 3.05) is 11.9 Å². The van der Waals surface area contributed by atoms with E-state index < -0.39 is 5.97 Å². The van der Waals surface area contributed by atoms with Crippen molar-refractivity contribution in [3.8, 4) is 0 Å². The highest BCUT2D eigenvalue weighted by Gasteiger charge is 2.08. The largest absolute Gasteiger partial charge is 0.481 e. The van der Waals surface area contributed by atoms with E-state index in [1.807, 2.05) is 6.92 Å². The summed E-state index contributed by atoms with van der Waals surface area (Å²) in [6, 6.07) is 6.30. The fourth-order valence-electron chi connectivity index (χ4n) is 1.73. The lowest BCUT2D eigenvalue weighted by molar-refractivity contribution is -0.137. The molecule has 1 atom stereocenters. The number of hydrogen-bond acceptors (Lipinski definition) is 3. The Balaban J connectivity index is 2.41. The number of Topliss-reactive ketones (excluding diaryl/α,β-unsaturated/α-hetero) is 1. The smallest absolute Gasteiger partial charge is 0.319 e. The summed E-state index contributed by atoms with van der Waals surface area (Å²) in [5, 5.41) is 13.9. The molecule has 1 aromatic rings. The van der Waals surface area contributed by atoms with Gasteiger partial charge >= 0.3 is 12.0 Å². The van der Waals surface area contributed by atoms with Crippen LogP contribution in [0, 0.1) is 5.92 Å². The van der Waals surface area contributed by atoms with Crippen molar-refractivity contribution in [3.05, 3.63) is 29.8 Å². The molecule has 0 aliphatic carbocycles. The second kappa shape index (κ2) is 8.04. The van der Waals surface area contributed by atoms with Crippen LogP contribution < -0.4 is 10.6 Å². The van der Waals surface area contributed by atoms with Gasteiger partial charge < -0.3 is 15.7 Å². The molecule has 0 heterocycles. The molecular weight excluding hydrogens is 272 g/mol. The predicted octanol–water partition coefficient (Wildman–Crippen LogP) is 2.51. The van der Waals surface area contributed by atoms with Gasteiger partial charge in [-0.15, -0.1) is 0 Å². The van der Waals surface area contributed by atoms with Crippen LogP contribution in [-0.4, -0.2) is 29.4 Å². The summed E-state index contributed by atoms with van der Waals surface area (Å²) < 4.78 is 0. The standard InChI is InChI=1S/C15H20N2O4/c1-10(6-7-14(19)20)9-16-15(21)17-13-5-3-4-12(8-13)11(2)18/h3-5,8,10H,6-7,9H2,1-2H3,(H,19,20)(H2,16,17,21). The van der Waals surface area contributed by atoms with Crippen molar-refractivity contribution >= 4 is 23.5 Å². The number of carbonyl (C=O) groups excluding carboxylic acids is 2. The second-order valence-corrected chi connectivity index (χ2v) is 5.01. The van der Waals surface area contributed by atoms with Crippen molar-refractivity contribution in [1.82, 2.24) is 5.32 Å². The molecule has 0 aromatic heterocycles. The van der Waals surface area contributed by atoms with Gasteiger partial charge in [0.15, 0.2) is 5.78 Å². The molecule has 0 radical (unpaired) electrons. The number of carboxylic acids is 1. The molecule has 0 bridgehead atoms. The molecule has 0 fully saturated rings. The molecule has 2 amide bonds. The zero-order chi connectivity index (χ0) is 15.8. The number of benzene rings is 1. The van der Waals surface area contributed by atoms with E-state index in [4.69, 9.17) is 5.11 Å². The number of nitrogens with one attached hydrogen (secondary N) is 2. The molecule has 114 valence electrons. The van der Waals surface area contributed by atoms with Crippen LogP contribution in [0.15, 0.2) is 24.3 Å². The molecule has 3 N–H and O–H groups in total. The number of aliphatic carboxylic acids is 1. The molecule has 0 aliphatic heterocycles. The summed E-state index contributed by atoms with van der Waals surface area (Å²) in [5.74, 6) is -0.830. The molecule has 0 aliphatic rings. The summed E-state index contributed by atoms with van der Waals surface area (Å²) >= 11 is 0. The Morgan fingerprint density at radius 3 is 2.62 bits per heavy atom. The van der Waals surface area contributed by atoms with Gasteiger partial charge in [-0.25, -0.2) is 4.79 Å². The fourth-order valence-corrected chi connectivity index (χ4v) is 1.73. The molecule has 1 unspecified atom stereocenters. The number of anilines is 1. The maximum Gasteiger partial charge on any atom is 0.319 e. The number of amides is 2. The summed E-state index contributed by atoms with van der Waals surface area (Å²) in [7, 11) is 0. The molecule has 1 aromatic carbocycles. The van der Waals surface area contributed by atoms with Crippen molar-refractivity contribution in [2.24, 2.45) is 5.92 Å². The highest BCUT2D eigenvalue weighted by Crippen LogP contribution is 2.11. The highest BCUT2D eigenvalue weighted by molar-refractivity contribution is 5.96. The number of ketones is 1. The Hall–Kier alpha value is -2.37. The fraction of sp³-hybridized carbons (Fsp3) is 0.400. The van der Waals surface area contributed by atoms with E-state index in [9.17, 15) is 14.4 Å². The van der Waals surface area contributed by atoms with Gasteiger partial charge in [-0.2, -0.15) is 0 Å². The third kappa shape index (κ3) is 6.56. The zero-order valence-electron chi connectivity index (χ0n) is 12.2. The summed E-state index contributed by atoms with van der Waals surface area (Å²) in [4.78, 5) is 33.4. The van der Waals surface area contributed by atoms with Gasteiger partial charge in [0, 0.05) is 24.2 Å². The summed E-state index contributed by atoms with van der Waals surface area (Å²) in [6.07, 6.45) is 0.598. The topological polar surface area (TPSA) is 95.5 Å². The van der Waals surface area contributed by atoms with Crippen LogP contribution in [0.3, 0.4) is 0 Å². The number of urea groups is 1. The average Bonchev–Trinajstić information content (AvgIpc) is 2.43. The van der Waals surface area contributed by atoms with E-state index in [0.29, 0.717) is 24.2 Å². The first-order valence-corrected chi connectivity index (χ1v) is 6.76. The van der Waals surface area contributed by atoms with Gasteiger partial charge in [-0.05, 0) is 31.4 Å².